The van der Waals surface area contributed by atoms with Gasteiger partial charge in [-0.25, -0.2) is 0 Å². The molecule has 2 N–H and O–H groups in total. The number of piperidine rings is 1. The van der Waals surface area contributed by atoms with Crippen LogP contribution in [0.25, 0.3) is 0 Å². The Labute approximate surface area is 124 Å². The van der Waals surface area contributed by atoms with Crippen LogP contribution in [0.4, 0.5) is 5.69 Å². The molecule has 0 atom stereocenters. The lowest BCUT2D eigenvalue weighted by molar-refractivity contribution is -0.117. The first-order chi connectivity index (χ1) is 9.69. The Morgan fingerprint density at radius 3 is 2.90 bits per heavy atom. The zero-order chi connectivity index (χ0) is 14.4. The number of nitrogens with one attached hydrogen (secondary N) is 2. The van der Waals surface area contributed by atoms with E-state index < -0.39 is 0 Å². The van der Waals surface area contributed by atoms with Crippen LogP contribution in [0.15, 0.2) is 18.2 Å². The van der Waals surface area contributed by atoms with Crippen molar-refractivity contribution < 1.29 is 9.53 Å². The highest BCUT2D eigenvalue weighted by atomic mass is 35.5. The van der Waals surface area contributed by atoms with E-state index in [-0.39, 0.29) is 5.91 Å². The predicted molar refractivity (Wildman–Crippen MR) is 81.5 cm³/mol. The fraction of sp³-hybridized carbons (Fsp3) is 0.533. The average molecular weight is 297 g/mol. The van der Waals surface area contributed by atoms with E-state index in [0.717, 1.165) is 25.9 Å². The molecule has 1 heterocycles. The minimum absolute atomic E-state index is 0.0279. The molecule has 0 saturated carbocycles. The van der Waals surface area contributed by atoms with Gasteiger partial charge in [0, 0.05) is 11.4 Å². The second-order valence-electron chi connectivity index (χ2n) is 5.02. The number of amides is 1. The van der Waals surface area contributed by atoms with Crippen LogP contribution in [0, 0.1) is 5.92 Å². The second kappa shape index (κ2) is 7.50. The van der Waals surface area contributed by atoms with Crippen LogP contribution in [0.5, 0.6) is 5.75 Å². The average Bonchev–Trinajstić information content (AvgIpc) is 2.43. The van der Waals surface area contributed by atoms with E-state index >= 15 is 0 Å². The summed E-state index contributed by atoms with van der Waals surface area (Å²) in [6, 6.07) is 5.27. The van der Waals surface area contributed by atoms with E-state index in [1.807, 2.05) is 6.92 Å². The van der Waals surface area contributed by atoms with Crippen LogP contribution >= 0.6 is 11.6 Å². The van der Waals surface area contributed by atoms with Crippen molar-refractivity contribution in [3.63, 3.8) is 0 Å². The number of hydrogen-bond donors (Lipinski definition) is 2. The van der Waals surface area contributed by atoms with Gasteiger partial charge in [0.1, 0.15) is 5.75 Å². The van der Waals surface area contributed by atoms with Gasteiger partial charge in [0.2, 0.25) is 5.91 Å². The largest absolute Gasteiger partial charge is 0.492 e. The Bertz CT molecular complexity index is 459. The monoisotopic (exact) mass is 296 g/mol. The number of rotatable bonds is 5. The van der Waals surface area contributed by atoms with Crippen molar-refractivity contribution in [1.29, 1.82) is 0 Å². The third-order valence-corrected chi connectivity index (χ3v) is 3.68. The number of halogens is 1. The van der Waals surface area contributed by atoms with E-state index in [9.17, 15) is 4.79 Å². The molecule has 0 aliphatic carbocycles. The molecule has 110 valence electrons. The van der Waals surface area contributed by atoms with Crippen LogP contribution in [0.2, 0.25) is 5.02 Å². The van der Waals surface area contributed by atoms with Gasteiger partial charge in [-0.2, -0.15) is 0 Å². The van der Waals surface area contributed by atoms with Gasteiger partial charge in [0.25, 0.3) is 0 Å². The molecule has 1 aromatic rings. The molecule has 0 aromatic heterocycles. The molecule has 0 unspecified atom stereocenters. The summed E-state index contributed by atoms with van der Waals surface area (Å²) >= 11 is 5.98. The normalized spacial score (nSPS) is 15.9. The second-order valence-corrected chi connectivity index (χ2v) is 5.46. The Balaban J connectivity index is 1.97. The quantitative estimate of drug-likeness (QED) is 0.878. The van der Waals surface area contributed by atoms with Gasteiger partial charge >= 0.3 is 0 Å². The standard InChI is InChI=1S/C15H21ClN2O2/c1-2-20-14-4-3-12(16)10-13(14)18-15(19)9-11-5-7-17-8-6-11/h3-4,10-11,17H,2,5-9H2,1H3,(H,18,19). The highest BCUT2D eigenvalue weighted by Gasteiger charge is 2.17. The SMILES string of the molecule is CCOc1ccc(Cl)cc1NC(=O)CC1CCNCC1. The number of anilines is 1. The fourth-order valence-corrected chi connectivity index (χ4v) is 2.60. The van der Waals surface area contributed by atoms with Gasteiger partial charge in [-0.15, -0.1) is 0 Å². The predicted octanol–water partition coefficient (Wildman–Crippen LogP) is 3.07. The van der Waals surface area contributed by atoms with Crippen molar-refractivity contribution in [2.24, 2.45) is 5.92 Å². The van der Waals surface area contributed by atoms with Crippen molar-refractivity contribution in [3.8, 4) is 5.75 Å². The van der Waals surface area contributed by atoms with Gasteiger partial charge < -0.3 is 15.4 Å². The molecule has 0 bridgehead atoms. The molecule has 5 heteroatoms. The van der Waals surface area contributed by atoms with Crippen molar-refractivity contribution in [1.82, 2.24) is 5.32 Å². The molecular weight excluding hydrogens is 276 g/mol. The zero-order valence-corrected chi connectivity index (χ0v) is 12.5. The van der Waals surface area contributed by atoms with E-state index in [2.05, 4.69) is 10.6 Å². The lowest BCUT2D eigenvalue weighted by Crippen LogP contribution is -2.30. The third kappa shape index (κ3) is 4.39. The van der Waals surface area contributed by atoms with Crippen molar-refractivity contribution in [2.75, 3.05) is 25.0 Å². The summed E-state index contributed by atoms with van der Waals surface area (Å²) in [5.74, 6) is 1.15. The minimum Gasteiger partial charge on any atom is -0.492 e. The first-order valence-corrected chi connectivity index (χ1v) is 7.49. The molecule has 1 fully saturated rings. The van der Waals surface area contributed by atoms with E-state index in [0.29, 0.717) is 35.4 Å². The first-order valence-electron chi connectivity index (χ1n) is 7.12. The molecule has 1 aliphatic rings. The summed E-state index contributed by atoms with van der Waals surface area (Å²) < 4.78 is 5.50. The summed E-state index contributed by atoms with van der Waals surface area (Å²) in [4.78, 5) is 12.1. The maximum atomic E-state index is 12.1. The number of benzene rings is 1. The molecule has 20 heavy (non-hydrogen) atoms. The van der Waals surface area contributed by atoms with Crippen molar-refractivity contribution in [2.45, 2.75) is 26.2 Å². The van der Waals surface area contributed by atoms with Crippen LogP contribution in [0.1, 0.15) is 26.2 Å². The lowest BCUT2D eigenvalue weighted by atomic mass is 9.94. The Morgan fingerprint density at radius 1 is 1.45 bits per heavy atom. The molecule has 1 amide bonds. The van der Waals surface area contributed by atoms with Gasteiger partial charge in [-0.3, -0.25) is 4.79 Å². The van der Waals surface area contributed by atoms with Gasteiger partial charge in [-0.05, 0) is 57.0 Å². The van der Waals surface area contributed by atoms with Gasteiger partial charge in [-0.1, -0.05) is 11.6 Å². The maximum Gasteiger partial charge on any atom is 0.224 e. The summed E-state index contributed by atoms with van der Waals surface area (Å²) in [5, 5.41) is 6.81. The first kappa shape index (κ1) is 15.1. The highest BCUT2D eigenvalue weighted by molar-refractivity contribution is 6.31. The topological polar surface area (TPSA) is 50.4 Å². The number of carbonyl (C=O) groups is 1. The zero-order valence-electron chi connectivity index (χ0n) is 11.7. The molecular formula is C15H21ClN2O2. The fourth-order valence-electron chi connectivity index (χ4n) is 2.43. The molecule has 1 aliphatic heterocycles. The van der Waals surface area contributed by atoms with E-state index in [1.165, 1.54) is 0 Å². The summed E-state index contributed by atoms with van der Waals surface area (Å²) in [6.07, 6.45) is 2.67. The lowest BCUT2D eigenvalue weighted by Gasteiger charge is -2.22. The highest BCUT2D eigenvalue weighted by Crippen LogP contribution is 2.28. The molecule has 0 radical (unpaired) electrons. The van der Waals surface area contributed by atoms with Crippen LogP contribution in [0.3, 0.4) is 0 Å². The van der Waals surface area contributed by atoms with Gasteiger partial charge in [0.15, 0.2) is 0 Å². The maximum absolute atomic E-state index is 12.1. The molecule has 1 aromatic carbocycles. The molecule has 0 spiro atoms. The smallest absolute Gasteiger partial charge is 0.224 e. The third-order valence-electron chi connectivity index (χ3n) is 3.45. The summed E-state index contributed by atoms with van der Waals surface area (Å²) in [5.41, 5.74) is 0.651. The number of ether oxygens (including phenoxy) is 1. The van der Waals surface area contributed by atoms with Crippen LogP contribution in [-0.4, -0.2) is 25.6 Å². The van der Waals surface area contributed by atoms with Crippen LogP contribution in [-0.2, 0) is 4.79 Å². The van der Waals surface area contributed by atoms with E-state index in [4.69, 9.17) is 16.3 Å². The number of carbonyl (C=O) groups excluding carboxylic acids is 1. The van der Waals surface area contributed by atoms with Crippen molar-refractivity contribution >= 4 is 23.2 Å². The summed E-state index contributed by atoms with van der Waals surface area (Å²) in [7, 11) is 0. The van der Waals surface area contributed by atoms with Gasteiger partial charge in [0.05, 0.1) is 12.3 Å². The minimum atomic E-state index is 0.0279. The Hall–Kier alpha value is -1.26. The number of hydrogen-bond acceptors (Lipinski definition) is 3. The molecule has 1 saturated heterocycles. The Kier molecular flexibility index (Phi) is 5.68. The van der Waals surface area contributed by atoms with Crippen LogP contribution < -0.4 is 15.4 Å². The van der Waals surface area contributed by atoms with E-state index in [1.54, 1.807) is 18.2 Å². The Morgan fingerprint density at radius 2 is 2.20 bits per heavy atom. The summed E-state index contributed by atoms with van der Waals surface area (Å²) in [6.45, 7) is 4.46. The molecule has 2 rings (SSSR count). The van der Waals surface area contributed by atoms with Crippen molar-refractivity contribution in [3.05, 3.63) is 23.2 Å². The molecule has 4 nitrogen and oxygen atoms in total.